The summed E-state index contributed by atoms with van der Waals surface area (Å²) >= 11 is 0. The van der Waals surface area contributed by atoms with Crippen LogP contribution in [0.4, 0.5) is 11.4 Å². The number of unbranched alkanes of at least 4 members (excludes halogenated alkanes) is 1. The largest absolute Gasteiger partial charge is 0.709 e. The van der Waals surface area contributed by atoms with Crippen LogP contribution < -0.4 is 0 Å². The molecule has 0 heterocycles. The van der Waals surface area contributed by atoms with Gasteiger partial charge in [-0.2, -0.15) is 0 Å². The van der Waals surface area contributed by atoms with Crippen LogP contribution in [0.25, 0.3) is 30.8 Å². The quantitative estimate of drug-likeness (QED) is 0.131. The third-order valence-electron chi connectivity index (χ3n) is 4.89. The maximum atomic E-state index is 13.3. The van der Waals surface area contributed by atoms with Gasteiger partial charge in [-0.25, -0.2) is 0 Å². The van der Waals surface area contributed by atoms with Crippen molar-refractivity contribution < 1.29 is 9.59 Å². The molecule has 0 saturated carbocycles. The second-order valence-electron chi connectivity index (χ2n) is 6.79. The van der Waals surface area contributed by atoms with Crippen molar-refractivity contribution in [2.24, 2.45) is 16.1 Å². The molecule has 12 nitrogen and oxygen atoms in total. The van der Waals surface area contributed by atoms with Gasteiger partial charge in [0.25, 0.3) is 0 Å². The number of nitrogens with zero attached hydrogens (tertiary/aromatic N) is 10. The molecule has 0 aliphatic carbocycles. The summed E-state index contributed by atoms with van der Waals surface area (Å²) in [7, 11) is 0. The van der Waals surface area contributed by atoms with Gasteiger partial charge in [-0.1, -0.05) is 78.5 Å². The highest BCUT2D eigenvalue weighted by Crippen LogP contribution is 2.36. The van der Waals surface area contributed by atoms with Gasteiger partial charge in [0.05, 0.1) is 0 Å². The molecule has 0 spiro atoms. The third-order valence-corrected chi connectivity index (χ3v) is 4.89. The molecule has 0 radical (unpaired) electrons. The van der Waals surface area contributed by atoms with Crippen LogP contribution in [0.2, 0.25) is 0 Å². The van der Waals surface area contributed by atoms with Crippen molar-refractivity contribution >= 4 is 22.9 Å². The first-order valence-electron chi connectivity index (χ1n) is 9.59. The summed E-state index contributed by atoms with van der Waals surface area (Å²) < 4.78 is 0. The Bertz CT molecular complexity index is 1160. The van der Waals surface area contributed by atoms with E-state index in [1.54, 1.807) is 0 Å². The van der Waals surface area contributed by atoms with Crippen LogP contribution in [0.5, 0.6) is 0 Å². The summed E-state index contributed by atoms with van der Waals surface area (Å²) in [4.78, 5) is 38.1. The van der Waals surface area contributed by atoms with Gasteiger partial charge in [-0.3, -0.25) is 9.59 Å². The number of benzene rings is 2. The van der Waals surface area contributed by atoms with Gasteiger partial charge >= 0.3 is 11.4 Å². The Balaban J connectivity index is 2.53. The zero-order valence-electron chi connectivity index (χ0n) is 17.1. The van der Waals surface area contributed by atoms with Gasteiger partial charge < -0.3 is 0 Å². The van der Waals surface area contributed by atoms with Crippen LogP contribution in [0, 0.1) is 16.7 Å². The smallest absolute Gasteiger partial charge is 0.293 e. The molecule has 1 unspecified atom stereocenters. The Kier molecular flexibility index (Phi) is 7.98. The number of ketones is 2. The monoisotopic (exact) mass is 430 g/mol. The first-order chi connectivity index (χ1) is 15.5. The molecule has 0 saturated heterocycles. The summed E-state index contributed by atoms with van der Waals surface area (Å²) in [5.74, 6) is -2.80. The molecule has 158 valence electrons. The number of hydrogen-bond donors (Lipinski definition) is 0. The highest BCUT2D eigenvalue weighted by Gasteiger charge is 2.75. The zero-order valence-corrected chi connectivity index (χ0v) is 17.1. The van der Waals surface area contributed by atoms with E-state index in [2.05, 4.69) is 30.0 Å². The van der Waals surface area contributed by atoms with Crippen LogP contribution in [-0.4, -0.2) is 17.2 Å². The van der Waals surface area contributed by atoms with E-state index in [1.165, 1.54) is 48.5 Å². The van der Waals surface area contributed by atoms with Gasteiger partial charge in [0.15, 0.2) is 5.78 Å². The molecule has 0 N–H and O–H groups in total. The van der Waals surface area contributed by atoms with Crippen molar-refractivity contribution in [3.05, 3.63) is 90.5 Å². The van der Waals surface area contributed by atoms with E-state index in [-0.39, 0.29) is 28.9 Å². The lowest BCUT2D eigenvalue weighted by Gasteiger charge is -2.12. The molecule has 0 aliphatic rings. The predicted molar refractivity (Wildman–Crippen MR) is 115 cm³/mol. The van der Waals surface area contributed by atoms with Crippen LogP contribution in [-0.2, 0) is 0 Å². The molecule has 0 aromatic heterocycles. The molecular formula is C20H18N10O2+2. The fourth-order valence-electron chi connectivity index (χ4n) is 3.22. The standard InChI is InChI=1S/C20H18N10O2/c1-2-3-4-17(18(31)13-5-9-15(10-6-13)25-29-23)20(27-21,28-22)19(32)14-7-11-16(12-8-14)26-30-24/h5-12,17H,2-4H2,1H3/q+2. The molecule has 1 atom stereocenters. The summed E-state index contributed by atoms with van der Waals surface area (Å²) in [6, 6.07) is 11.0. The highest BCUT2D eigenvalue weighted by molar-refractivity contribution is 6.11. The van der Waals surface area contributed by atoms with E-state index in [4.69, 9.17) is 11.1 Å². The fraction of sp³-hybridized carbons (Fsp3) is 0.300. The predicted octanol–water partition coefficient (Wildman–Crippen LogP) is 6.84. The Morgan fingerprint density at radius 2 is 1.38 bits per heavy atom. The molecule has 2 aromatic rings. The molecule has 0 fully saturated rings. The van der Waals surface area contributed by atoms with E-state index in [1.807, 2.05) is 6.92 Å². The highest BCUT2D eigenvalue weighted by atomic mass is 16.1. The lowest BCUT2D eigenvalue weighted by Crippen LogP contribution is -2.44. The van der Waals surface area contributed by atoms with E-state index >= 15 is 0 Å². The lowest BCUT2D eigenvalue weighted by atomic mass is 9.78. The number of diazo groups is 2. The van der Waals surface area contributed by atoms with Gasteiger partial charge in [-0.15, -0.1) is 0 Å². The second kappa shape index (κ2) is 10.9. The first kappa shape index (κ1) is 23.5. The Morgan fingerprint density at radius 1 is 0.906 bits per heavy atom. The van der Waals surface area contributed by atoms with Gasteiger partial charge in [0.2, 0.25) is 26.7 Å². The van der Waals surface area contributed by atoms with E-state index in [0.29, 0.717) is 12.8 Å². The van der Waals surface area contributed by atoms with Crippen LogP contribution in [0.1, 0.15) is 46.9 Å². The Hall–Kier alpha value is -4.76. The number of carbonyl (C=O) groups is 2. The Labute approximate surface area is 182 Å². The second-order valence-corrected chi connectivity index (χ2v) is 6.79. The number of azide groups is 2. The van der Waals surface area contributed by atoms with Gasteiger partial charge in [-0.05, 0) is 17.5 Å². The molecule has 0 bridgehead atoms. The van der Waals surface area contributed by atoms with Crippen molar-refractivity contribution in [3.63, 3.8) is 0 Å². The minimum Gasteiger partial charge on any atom is -0.293 e. The van der Waals surface area contributed by atoms with Crippen LogP contribution >= 0.6 is 0 Å². The van der Waals surface area contributed by atoms with Crippen LogP contribution in [0.3, 0.4) is 0 Å². The maximum Gasteiger partial charge on any atom is 0.709 e. The molecule has 2 aromatic carbocycles. The lowest BCUT2D eigenvalue weighted by molar-refractivity contribution is 0.0782. The first-order valence-corrected chi connectivity index (χ1v) is 9.59. The summed E-state index contributed by atoms with van der Waals surface area (Å²) in [6.07, 6.45) is 1.26. The number of Topliss-reactive ketones (excluding diaryl/α,β-unsaturated/α-hetero) is 2. The number of hydrogen-bond acceptors (Lipinski definition) is 6. The molecule has 12 heteroatoms. The van der Waals surface area contributed by atoms with Gasteiger partial charge in [0.1, 0.15) is 0 Å². The SMILES string of the molecule is CCCCC(C(=O)c1ccc(N=[N+]=[N-])cc1)C([N+]#N)([N+]#N)C(=O)c1ccc(N=[N+]=[N-])cc1. The molecule has 2 rings (SSSR count). The Morgan fingerprint density at radius 3 is 1.78 bits per heavy atom. The number of rotatable bonds is 10. The average molecular weight is 430 g/mol. The molecule has 0 aliphatic heterocycles. The van der Waals surface area contributed by atoms with Crippen molar-refractivity contribution in [2.45, 2.75) is 31.8 Å². The van der Waals surface area contributed by atoms with Crippen molar-refractivity contribution in [3.8, 4) is 0 Å². The van der Waals surface area contributed by atoms with E-state index < -0.39 is 23.1 Å². The summed E-state index contributed by atoms with van der Waals surface area (Å²) in [6.45, 7) is 1.88. The maximum absolute atomic E-state index is 13.3. The van der Waals surface area contributed by atoms with Gasteiger partial charge in [0, 0.05) is 32.3 Å². The van der Waals surface area contributed by atoms with E-state index in [9.17, 15) is 20.4 Å². The fourth-order valence-corrected chi connectivity index (χ4v) is 3.22. The zero-order chi connectivity index (χ0) is 23.6. The summed E-state index contributed by atoms with van der Waals surface area (Å²) in [5, 5.41) is 26.5. The third kappa shape index (κ3) is 4.86. The molecular weight excluding hydrogens is 412 g/mol. The van der Waals surface area contributed by atoms with Crippen molar-refractivity contribution in [2.75, 3.05) is 0 Å². The molecule has 0 amide bonds. The number of carbonyl (C=O) groups excluding carboxylic acids is 2. The van der Waals surface area contributed by atoms with Crippen LogP contribution in [0.15, 0.2) is 58.8 Å². The van der Waals surface area contributed by atoms with E-state index in [0.717, 1.165) is 0 Å². The minimum atomic E-state index is -2.49. The average Bonchev–Trinajstić information content (AvgIpc) is 2.83. The molecule has 32 heavy (non-hydrogen) atoms. The summed E-state index contributed by atoms with van der Waals surface area (Å²) in [5.41, 5.74) is 15.2. The van der Waals surface area contributed by atoms with Crippen molar-refractivity contribution in [1.82, 2.24) is 0 Å². The van der Waals surface area contributed by atoms with Crippen molar-refractivity contribution in [1.29, 1.82) is 10.8 Å². The minimum absolute atomic E-state index is 0.00880. The topological polar surface area (TPSA) is 188 Å². The normalized spacial score (nSPS) is 11.1.